The lowest BCUT2D eigenvalue weighted by molar-refractivity contribution is 0.479. The molecule has 2 heterocycles. The molecule has 1 aliphatic carbocycles. The molecular weight excluding hydrogens is 825 g/mol. The Morgan fingerprint density at radius 2 is 0.912 bits per heavy atom. The Bertz CT molecular complexity index is 3250. The van der Waals surface area contributed by atoms with Crippen LogP contribution < -0.4 is 14.7 Å². The quantitative estimate of drug-likeness (QED) is 0.165. The van der Waals surface area contributed by atoms with Crippen molar-refractivity contribution < 1.29 is 0 Å². The van der Waals surface area contributed by atoms with Crippen LogP contribution in [0.5, 0.6) is 0 Å². The summed E-state index contributed by atoms with van der Waals surface area (Å²) in [6.45, 7) is 27.5. The molecule has 0 amide bonds. The van der Waals surface area contributed by atoms with E-state index in [0.29, 0.717) is 0 Å². The second-order valence-corrected chi connectivity index (χ2v) is 23.7. The van der Waals surface area contributed by atoms with Crippen LogP contribution in [0.4, 0.5) is 39.8 Å². The monoisotopic (exact) mass is 895 g/mol. The van der Waals surface area contributed by atoms with Crippen molar-refractivity contribution in [2.24, 2.45) is 12.5 Å². The zero-order chi connectivity index (χ0) is 48.2. The molecule has 4 nitrogen and oxygen atoms in total. The van der Waals surface area contributed by atoms with Crippen LogP contribution in [0.15, 0.2) is 157 Å². The van der Waals surface area contributed by atoms with Crippen LogP contribution in [-0.2, 0) is 23.3 Å². The highest BCUT2D eigenvalue weighted by Gasteiger charge is 2.29. The van der Waals surface area contributed by atoms with Gasteiger partial charge in [-0.15, -0.1) is 0 Å². The smallest absolute Gasteiger partial charge is 0.0510 e. The van der Waals surface area contributed by atoms with Crippen molar-refractivity contribution in [3.63, 3.8) is 0 Å². The number of aromatic nitrogens is 1. The van der Waals surface area contributed by atoms with Crippen molar-refractivity contribution in [2.75, 3.05) is 21.7 Å². The Kier molecular flexibility index (Phi) is 10.7. The maximum atomic E-state index is 2.50. The Morgan fingerprint density at radius 1 is 0.397 bits per heavy atom. The van der Waals surface area contributed by atoms with Crippen molar-refractivity contribution in [2.45, 2.75) is 112 Å². The summed E-state index contributed by atoms with van der Waals surface area (Å²) in [5.74, 6) is 0. The van der Waals surface area contributed by atoms with Gasteiger partial charge >= 0.3 is 0 Å². The molecule has 0 saturated heterocycles. The van der Waals surface area contributed by atoms with Gasteiger partial charge in [0.2, 0.25) is 0 Å². The summed E-state index contributed by atoms with van der Waals surface area (Å²) < 4.78 is 2.43. The molecule has 10 rings (SSSR count). The Morgan fingerprint density at radius 3 is 1.43 bits per heavy atom. The van der Waals surface area contributed by atoms with E-state index in [-0.39, 0.29) is 21.7 Å². The van der Waals surface area contributed by atoms with Gasteiger partial charge < -0.3 is 19.3 Å². The molecule has 0 atom stereocenters. The molecule has 68 heavy (non-hydrogen) atoms. The van der Waals surface area contributed by atoms with Crippen LogP contribution in [-0.4, -0.2) is 11.6 Å². The van der Waals surface area contributed by atoms with E-state index in [1.807, 2.05) is 0 Å². The lowest BCUT2D eigenvalue weighted by Crippen LogP contribution is -2.20. The fourth-order valence-electron chi connectivity index (χ4n) is 10.8. The van der Waals surface area contributed by atoms with Gasteiger partial charge in [-0.1, -0.05) is 155 Å². The van der Waals surface area contributed by atoms with Gasteiger partial charge in [-0.25, -0.2) is 0 Å². The number of hydrogen-bond acceptors (Lipinski definition) is 3. The van der Waals surface area contributed by atoms with Crippen LogP contribution in [0.3, 0.4) is 0 Å². The summed E-state index contributed by atoms with van der Waals surface area (Å²) in [6.07, 6.45) is 6.80. The van der Waals surface area contributed by atoms with Crippen molar-refractivity contribution in [1.82, 2.24) is 4.57 Å². The van der Waals surface area contributed by atoms with Crippen molar-refractivity contribution in [3.05, 3.63) is 174 Å². The zero-order valence-electron chi connectivity index (χ0n) is 43.1. The van der Waals surface area contributed by atoms with E-state index in [1.165, 1.54) is 94.4 Å². The van der Waals surface area contributed by atoms with E-state index < -0.39 is 0 Å². The molecule has 7 aromatic carbocycles. The average Bonchev–Trinajstić information content (AvgIpc) is 3.58. The van der Waals surface area contributed by atoms with Crippen LogP contribution in [0.1, 0.15) is 113 Å². The van der Waals surface area contributed by atoms with Crippen LogP contribution in [0, 0.1) is 5.41 Å². The van der Waals surface area contributed by atoms with Gasteiger partial charge in [0.15, 0.2) is 0 Å². The predicted octanol–water partition coefficient (Wildman–Crippen LogP) is 18.4. The first-order valence-electron chi connectivity index (χ1n) is 24.8. The number of benzene rings is 7. The largest absolute Gasteiger partial charge is 0.344 e. The highest BCUT2D eigenvalue weighted by molar-refractivity contribution is 6.28. The minimum atomic E-state index is 0.0686. The van der Waals surface area contributed by atoms with Crippen LogP contribution in [0.2, 0.25) is 0 Å². The molecule has 0 bridgehead atoms. The molecule has 0 N–H and O–H groups in total. The number of anilines is 7. The molecule has 1 aliphatic heterocycles. The van der Waals surface area contributed by atoms with Gasteiger partial charge in [-0.05, 0) is 141 Å². The molecule has 8 aromatic rings. The second kappa shape index (κ2) is 16.0. The normalized spacial score (nSPS) is 14.4. The summed E-state index contributed by atoms with van der Waals surface area (Å²) in [5.41, 5.74) is 20.4. The van der Waals surface area contributed by atoms with Gasteiger partial charge in [0, 0.05) is 75.6 Å². The summed E-state index contributed by atoms with van der Waals surface area (Å²) in [7, 11) is 4.49. The number of aryl methyl sites for hydroxylation is 1. The van der Waals surface area contributed by atoms with Crippen LogP contribution in [0.25, 0.3) is 43.7 Å². The molecule has 0 unspecified atom stereocenters. The lowest BCUT2D eigenvalue weighted by atomic mass is 9.81. The molecule has 0 fully saturated rings. The molecule has 0 saturated carbocycles. The number of nitrogens with zero attached hydrogens (tertiary/aromatic N) is 4. The Hall–Kier alpha value is -6.52. The first-order valence-corrected chi connectivity index (χ1v) is 24.8. The third kappa shape index (κ3) is 7.80. The first kappa shape index (κ1) is 45.3. The highest BCUT2D eigenvalue weighted by atomic mass is 15.2. The summed E-state index contributed by atoms with van der Waals surface area (Å²) >= 11 is 0. The fraction of sp³-hybridized carbons (Fsp3) is 0.312. The number of hydrogen-bond donors (Lipinski definition) is 0. The third-order valence-corrected chi connectivity index (χ3v) is 15.0. The zero-order valence-corrected chi connectivity index (χ0v) is 43.1. The molecular formula is C64H70N4. The van der Waals surface area contributed by atoms with Gasteiger partial charge in [0.05, 0.1) is 16.7 Å². The average molecular weight is 895 g/mol. The maximum Gasteiger partial charge on any atom is 0.0510 e. The summed E-state index contributed by atoms with van der Waals surface area (Å²) in [5, 5.41) is 5.18. The van der Waals surface area contributed by atoms with Gasteiger partial charge in [0.1, 0.15) is 0 Å². The number of rotatable bonds is 6. The molecule has 1 aromatic heterocycles. The van der Waals surface area contributed by atoms with Gasteiger partial charge in [0.25, 0.3) is 0 Å². The Balaban J connectivity index is 1.12. The second-order valence-electron chi connectivity index (χ2n) is 23.7. The SMILES string of the molecule is CN1c2cc(N(c3ccc(C(C)(C)C)cc3)c3ccc(C(C)(C)C)cc3)ccc2-c2cc3c(c4cccc1c24)c1ccc(N(C2=CC=C(C(C)(C)C)CC2)c2ccc(C(C)(C)C)cc2)cc1n3C. The Labute approximate surface area is 406 Å². The van der Waals surface area contributed by atoms with Crippen molar-refractivity contribution in [1.29, 1.82) is 0 Å². The standard InChI is InChI=1S/C64H70N4/c1-61(2,3)41-18-26-45(27-19-41)67(46-28-20-42(21-29-46)62(4,5)6)49-34-36-51-54-40-58-59(53-16-15-17-55(60(53)54)65(13)56(51)38-49)52-37-35-50(39-57(52)66(58)14)68(47-30-22-43(23-31-47)63(7,8)9)48-32-24-44(25-33-48)64(10,11)12/h15-24,26-32,34-40H,25,33H2,1-14H3. The van der Waals surface area contributed by atoms with E-state index in [2.05, 4.69) is 262 Å². The third-order valence-electron chi connectivity index (χ3n) is 15.0. The van der Waals surface area contributed by atoms with Gasteiger partial charge in [-0.3, -0.25) is 0 Å². The van der Waals surface area contributed by atoms with Gasteiger partial charge in [-0.2, -0.15) is 0 Å². The van der Waals surface area contributed by atoms with Crippen LogP contribution >= 0.6 is 0 Å². The molecule has 0 radical (unpaired) electrons. The fourth-order valence-corrected chi connectivity index (χ4v) is 10.8. The van der Waals surface area contributed by atoms with E-state index >= 15 is 0 Å². The predicted molar refractivity (Wildman–Crippen MR) is 296 cm³/mol. The topological polar surface area (TPSA) is 14.7 Å². The lowest BCUT2D eigenvalue weighted by Gasteiger charge is -2.33. The van der Waals surface area contributed by atoms with Crippen molar-refractivity contribution >= 4 is 72.4 Å². The molecule has 346 valence electrons. The minimum Gasteiger partial charge on any atom is -0.344 e. The summed E-state index contributed by atoms with van der Waals surface area (Å²) in [6, 6.07) is 51.1. The number of allylic oxidation sites excluding steroid dienone is 4. The van der Waals surface area contributed by atoms with E-state index in [4.69, 9.17) is 0 Å². The molecule has 2 aliphatic rings. The van der Waals surface area contributed by atoms with E-state index in [9.17, 15) is 0 Å². The van der Waals surface area contributed by atoms with E-state index in [1.54, 1.807) is 0 Å². The highest BCUT2D eigenvalue weighted by Crippen LogP contribution is 2.52. The first-order chi connectivity index (χ1) is 32.1. The minimum absolute atomic E-state index is 0.0686. The number of fused-ring (bicyclic) bond motifs is 6. The van der Waals surface area contributed by atoms with E-state index in [0.717, 1.165) is 29.9 Å². The summed E-state index contributed by atoms with van der Waals surface area (Å²) in [4.78, 5) is 7.32. The maximum absolute atomic E-state index is 2.50. The van der Waals surface area contributed by atoms with Crippen molar-refractivity contribution in [3.8, 4) is 11.1 Å². The molecule has 0 spiro atoms. The molecule has 4 heteroatoms.